The Labute approximate surface area is 193 Å². The van der Waals surface area contributed by atoms with E-state index in [0.29, 0.717) is 16.8 Å². The molecule has 0 fully saturated rings. The molecule has 1 amide bonds. The minimum atomic E-state index is -4.44. The number of rotatable bonds is 4. The molecule has 1 N–H and O–H groups in total. The van der Waals surface area contributed by atoms with Crippen LogP contribution in [0, 0.1) is 0 Å². The molecule has 5 aromatic rings. The molecule has 7 heteroatoms. The summed E-state index contributed by atoms with van der Waals surface area (Å²) in [5.41, 5.74) is 3.23. The minimum absolute atomic E-state index is 0.194. The van der Waals surface area contributed by atoms with Crippen LogP contribution in [0.3, 0.4) is 0 Å². The van der Waals surface area contributed by atoms with Crippen LogP contribution in [0.1, 0.15) is 22.8 Å². The zero-order chi connectivity index (χ0) is 23.9. The van der Waals surface area contributed by atoms with E-state index in [-0.39, 0.29) is 11.6 Å². The third-order valence-electron chi connectivity index (χ3n) is 5.88. The molecule has 0 aliphatic carbocycles. The van der Waals surface area contributed by atoms with Gasteiger partial charge in [0, 0.05) is 51.4 Å². The normalized spacial score (nSPS) is 11.8. The van der Waals surface area contributed by atoms with E-state index in [1.807, 2.05) is 30.3 Å². The highest BCUT2D eigenvalue weighted by molar-refractivity contribution is 6.11. The van der Waals surface area contributed by atoms with Crippen LogP contribution in [-0.2, 0) is 12.7 Å². The number of hydrogen-bond donors (Lipinski definition) is 1. The molecular formula is C27H20F3N3O. The zero-order valence-electron chi connectivity index (χ0n) is 18.2. The Bertz CT molecular complexity index is 1520. The summed E-state index contributed by atoms with van der Waals surface area (Å²) in [6.45, 7) is 2.93. The summed E-state index contributed by atoms with van der Waals surface area (Å²) in [7, 11) is 0. The van der Waals surface area contributed by atoms with Crippen LogP contribution in [0.5, 0.6) is 0 Å². The molecule has 0 spiro atoms. The maximum Gasteiger partial charge on any atom is 0.416 e. The van der Waals surface area contributed by atoms with Crippen molar-refractivity contribution in [1.82, 2.24) is 9.55 Å². The predicted molar refractivity (Wildman–Crippen MR) is 128 cm³/mol. The van der Waals surface area contributed by atoms with E-state index in [0.717, 1.165) is 46.7 Å². The smallest absolute Gasteiger partial charge is 0.341 e. The van der Waals surface area contributed by atoms with E-state index in [1.54, 1.807) is 24.3 Å². The summed E-state index contributed by atoms with van der Waals surface area (Å²) in [6, 6.07) is 22.2. The van der Waals surface area contributed by atoms with Gasteiger partial charge in [-0.05, 0) is 55.5 Å². The van der Waals surface area contributed by atoms with Crippen molar-refractivity contribution >= 4 is 33.4 Å². The van der Waals surface area contributed by atoms with Crippen LogP contribution in [0.4, 0.5) is 18.9 Å². The number of para-hydroxylation sites is 1. The lowest BCUT2D eigenvalue weighted by atomic mass is 10.1. The Morgan fingerprint density at radius 2 is 1.65 bits per heavy atom. The number of fused-ring (bicyclic) bond motifs is 3. The van der Waals surface area contributed by atoms with E-state index >= 15 is 0 Å². The molecule has 4 nitrogen and oxygen atoms in total. The second-order valence-electron chi connectivity index (χ2n) is 7.95. The van der Waals surface area contributed by atoms with Crippen molar-refractivity contribution in [3.8, 4) is 11.3 Å². The van der Waals surface area contributed by atoms with E-state index in [2.05, 4.69) is 33.9 Å². The summed E-state index contributed by atoms with van der Waals surface area (Å²) in [5.74, 6) is -0.304. The van der Waals surface area contributed by atoms with Crippen LogP contribution in [0.25, 0.3) is 33.1 Å². The fraction of sp³-hybridized carbons (Fsp3) is 0.111. The van der Waals surface area contributed by atoms with Gasteiger partial charge in [0.1, 0.15) is 0 Å². The predicted octanol–water partition coefficient (Wildman–Crippen LogP) is 7.15. The first-order valence-corrected chi connectivity index (χ1v) is 10.8. The number of pyridine rings is 1. The first kappa shape index (κ1) is 21.7. The van der Waals surface area contributed by atoms with Crippen molar-refractivity contribution in [2.45, 2.75) is 19.6 Å². The fourth-order valence-corrected chi connectivity index (χ4v) is 4.23. The van der Waals surface area contributed by atoms with Gasteiger partial charge in [-0.2, -0.15) is 13.2 Å². The Morgan fingerprint density at radius 1 is 0.912 bits per heavy atom. The van der Waals surface area contributed by atoms with Crippen molar-refractivity contribution in [3.05, 3.63) is 96.2 Å². The van der Waals surface area contributed by atoms with Crippen LogP contribution in [0.2, 0.25) is 0 Å². The third kappa shape index (κ3) is 3.90. The van der Waals surface area contributed by atoms with Crippen LogP contribution in [-0.4, -0.2) is 15.5 Å². The Balaban J connectivity index is 1.40. The van der Waals surface area contributed by atoms with Gasteiger partial charge < -0.3 is 9.88 Å². The summed E-state index contributed by atoms with van der Waals surface area (Å²) < 4.78 is 41.2. The van der Waals surface area contributed by atoms with Gasteiger partial charge in [0.25, 0.3) is 5.91 Å². The first-order valence-electron chi connectivity index (χ1n) is 10.8. The Morgan fingerprint density at radius 3 is 2.38 bits per heavy atom. The molecule has 0 atom stereocenters. The second-order valence-corrected chi connectivity index (χ2v) is 7.95. The van der Waals surface area contributed by atoms with Crippen molar-refractivity contribution < 1.29 is 18.0 Å². The molecule has 0 unspecified atom stereocenters. The monoisotopic (exact) mass is 459 g/mol. The molecule has 0 bridgehead atoms. The average molecular weight is 459 g/mol. The van der Waals surface area contributed by atoms with Crippen molar-refractivity contribution in [2.75, 3.05) is 5.32 Å². The minimum Gasteiger partial charge on any atom is -0.341 e. The van der Waals surface area contributed by atoms with Gasteiger partial charge in [-0.1, -0.05) is 30.3 Å². The number of amides is 1. The van der Waals surface area contributed by atoms with Crippen molar-refractivity contribution in [1.29, 1.82) is 0 Å². The molecule has 0 aliphatic rings. The number of aryl methyl sites for hydroxylation is 1. The topological polar surface area (TPSA) is 46.9 Å². The summed E-state index contributed by atoms with van der Waals surface area (Å²) >= 11 is 0. The first-order chi connectivity index (χ1) is 16.3. The van der Waals surface area contributed by atoms with Gasteiger partial charge in [-0.15, -0.1) is 0 Å². The SMILES string of the molecule is CCn1c2ccccc2c2cc(NC(=O)c3ccc(-c4cc(C(F)(F)F)ccn4)cc3)ccc21. The van der Waals surface area contributed by atoms with Gasteiger partial charge in [0.2, 0.25) is 0 Å². The molecule has 5 rings (SSSR count). The highest BCUT2D eigenvalue weighted by atomic mass is 19.4. The summed E-state index contributed by atoms with van der Waals surface area (Å²) in [5, 5.41) is 5.09. The highest BCUT2D eigenvalue weighted by Gasteiger charge is 2.30. The summed E-state index contributed by atoms with van der Waals surface area (Å²) in [4.78, 5) is 16.9. The molecule has 0 radical (unpaired) electrons. The highest BCUT2D eigenvalue weighted by Crippen LogP contribution is 2.32. The Hall–Kier alpha value is -4.13. The third-order valence-corrected chi connectivity index (χ3v) is 5.88. The number of anilines is 1. The number of aromatic nitrogens is 2. The molecule has 0 aliphatic heterocycles. The lowest BCUT2D eigenvalue weighted by molar-refractivity contribution is -0.137. The van der Waals surface area contributed by atoms with Gasteiger partial charge in [0.05, 0.1) is 11.3 Å². The standard InChI is InChI=1S/C27H20F3N3O/c1-2-33-24-6-4-3-5-21(24)22-16-20(11-12-25(22)33)32-26(34)18-9-7-17(8-10-18)23-15-19(13-14-31-23)27(28,29)30/h3-16H,2H2,1H3,(H,32,34). The Kier molecular flexibility index (Phi) is 5.32. The number of hydrogen-bond acceptors (Lipinski definition) is 2. The van der Waals surface area contributed by atoms with Crippen LogP contribution < -0.4 is 5.32 Å². The maximum absolute atomic E-state index is 13.0. The largest absolute Gasteiger partial charge is 0.416 e. The fourth-order valence-electron chi connectivity index (χ4n) is 4.23. The number of carbonyl (C=O) groups excluding carboxylic acids is 1. The van der Waals surface area contributed by atoms with Gasteiger partial charge >= 0.3 is 6.18 Å². The van der Waals surface area contributed by atoms with E-state index in [4.69, 9.17) is 0 Å². The number of nitrogens with zero attached hydrogens (tertiary/aromatic N) is 2. The summed E-state index contributed by atoms with van der Waals surface area (Å²) in [6.07, 6.45) is -3.31. The lowest BCUT2D eigenvalue weighted by Gasteiger charge is -2.09. The maximum atomic E-state index is 13.0. The molecule has 3 aromatic carbocycles. The molecule has 2 aromatic heterocycles. The molecule has 34 heavy (non-hydrogen) atoms. The molecular weight excluding hydrogens is 439 g/mol. The second kappa shape index (κ2) is 8.33. The van der Waals surface area contributed by atoms with E-state index in [9.17, 15) is 18.0 Å². The number of benzene rings is 3. The van der Waals surface area contributed by atoms with Gasteiger partial charge in [0.15, 0.2) is 0 Å². The van der Waals surface area contributed by atoms with Crippen LogP contribution >= 0.6 is 0 Å². The van der Waals surface area contributed by atoms with Crippen molar-refractivity contribution in [2.24, 2.45) is 0 Å². The molecule has 0 saturated carbocycles. The number of alkyl halides is 3. The van der Waals surface area contributed by atoms with Crippen LogP contribution in [0.15, 0.2) is 85.1 Å². The lowest BCUT2D eigenvalue weighted by Crippen LogP contribution is -2.11. The van der Waals surface area contributed by atoms with Gasteiger partial charge in [-0.3, -0.25) is 9.78 Å². The molecule has 2 heterocycles. The number of nitrogens with one attached hydrogen (secondary N) is 1. The molecule has 170 valence electrons. The molecule has 0 saturated heterocycles. The number of halogens is 3. The zero-order valence-corrected chi connectivity index (χ0v) is 18.2. The average Bonchev–Trinajstić information content (AvgIpc) is 3.16. The van der Waals surface area contributed by atoms with Gasteiger partial charge in [-0.25, -0.2) is 0 Å². The van der Waals surface area contributed by atoms with E-state index in [1.165, 1.54) is 0 Å². The van der Waals surface area contributed by atoms with E-state index < -0.39 is 11.7 Å². The number of carbonyl (C=O) groups is 1. The quantitative estimate of drug-likeness (QED) is 0.310. The van der Waals surface area contributed by atoms with Crippen molar-refractivity contribution in [3.63, 3.8) is 0 Å².